The monoisotopic (exact) mass is 315 g/mol. The molecule has 0 saturated carbocycles. The van der Waals surface area contributed by atoms with Crippen molar-refractivity contribution in [3.8, 4) is 0 Å². The van der Waals surface area contributed by atoms with Crippen LogP contribution in [0.1, 0.15) is 6.42 Å². The molecule has 0 fully saturated rings. The Morgan fingerprint density at radius 1 is 1.05 bits per heavy atom. The van der Waals surface area contributed by atoms with Gasteiger partial charge in [0.25, 0.3) is 0 Å². The largest absolute Gasteiger partial charge is 0.324 e. The molecule has 0 amide bonds. The molecule has 0 spiro atoms. The van der Waals surface area contributed by atoms with Gasteiger partial charge in [0.05, 0.1) is 0 Å². The number of hydrogen-bond donors (Lipinski definition) is 1. The summed E-state index contributed by atoms with van der Waals surface area (Å²) in [5, 5.41) is 3.81. The molecule has 21 heavy (non-hydrogen) atoms. The molecule has 0 aliphatic heterocycles. The van der Waals surface area contributed by atoms with Gasteiger partial charge in [0, 0.05) is 6.04 Å². The summed E-state index contributed by atoms with van der Waals surface area (Å²) in [6, 6.07) is 21.3. The van der Waals surface area contributed by atoms with E-state index >= 15 is 0 Å². The van der Waals surface area contributed by atoms with Gasteiger partial charge in [0.15, 0.2) is 0 Å². The van der Waals surface area contributed by atoms with Crippen LogP contribution >= 0.6 is 19.7 Å². The molecule has 3 heteroatoms. The summed E-state index contributed by atoms with van der Waals surface area (Å²) >= 11 is 1.84. The van der Waals surface area contributed by atoms with Gasteiger partial charge in [-0.25, -0.2) is 0 Å². The second kappa shape index (κ2) is 8.38. The fourth-order valence-corrected chi connectivity index (χ4v) is 5.06. The topological polar surface area (TPSA) is 26.0 Å². The van der Waals surface area contributed by atoms with Gasteiger partial charge in [-0.05, 0) is 42.3 Å². The fourth-order valence-electron chi connectivity index (χ4n) is 2.21. The van der Waals surface area contributed by atoms with E-state index in [1.807, 2.05) is 11.8 Å². The van der Waals surface area contributed by atoms with Crippen LogP contribution in [0.15, 0.2) is 72.6 Å². The molecule has 0 radical (unpaired) electrons. The SMILES string of the molecule is C=C([C@@H](N)CCSC)P(c1ccccc1)c1ccccc1. The van der Waals surface area contributed by atoms with Crippen molar-refractivity contribution in [2.24, 2.45) is 5.73 Å². The maximum atomic E-state index is 6.38. The summed E-state index contributed by atoms with van der Waals surface area (Å²) < 4.78 is 0. The van der Waals surface area contributed by atoms with Crippen molar-refractivity contribution in [2.45, 2.75) is 12.5 Å². The van der Waals surface area contributed by atoms with E-state index in [1.54, 1.807) is 0 Å². The minimum Gasteiger partial charge on any atom is -0.324 e. The highest BCUT2D eigenvalue weighted by molar-refractivity contribution is 7.98. The van der Waals surface area contributed by atoms with Crippen LogP contribution in [0.4, 0.5) is 0 Å². The van der Waals surface area contributed by atoms with E-state index in [9.17, 15) is 0 Å². The van der Waals surface area contributed by atoms with Gasteiger partial charge in [-0.3, -0.25) is 0 Å². The molecule has 1 nitrogen and oxygen atoms in total. The molecule has 2 aromatic carbocycles. The van der Waals surface area contributed by atoms with E-state index in [-0.39, 0.29) is 6.04 Å². The predicted molar refractivity (Wildman–Crippen MR) is 99.2 cm³/mol. The van der Waals surface area contributed by atoms with Crippen molar-refractivity contribution in [1.82, 2.24) is 0 Å². The Hall–Kier alpha value is -1.08. The fraction of sp³-hybridized carbons (Fsp3) is 0.222. The highest BCUT2D eigenvalue weighted by Crippen LogP contribution is 2.43. The van der Waals surface area contributed by atoms with Gasteiger partial charge < -0.3 is 5.73 Å². The molecule has 2 aromatic rings. The molecular formula is C18H22NPS. The third-order valence-electron chi connectivity index (χ3n) is 3.38. The van der Waals surface area contributed by atoms with Crippen molar-refractivity contribution in [2.75, 3.05) is 12.0 Å². The summed E-state index contributed by atoms with van der Waals surface area (Å²) in [6.45, 7) is 4.36. The zero-order valence-electron chi connectivity index (χ0n) is 12.4. The number of rotatable bonds is 7. The Labute approximate surface area is 133 Å². The summed E-state index contributed by atoms with van der Waals surface area (Å²) in [4.78, 5) is 0. The van der Waals surface area contributed by atoms with E-state index < -0.39 is 7.92 Å². The standard InChI is InChI=1S/C18H22NPS/c1-15(18(19)13-14-21-2)20(16-9-5-3-6-10-16)17-11-7-4-8-12-17/h3-12,18H,1,13-14,19H2,2H3/t18-/m0/s1. The molecule has 2 N–H and O–H groups in total. The summed E-state index contributed by atoms with van der Waals surface area (Å²) in [7, 11) is -0.597. The molecule has 0 heterocycles. The number of benzene rings is 2. The normalized spacial score (nSPS) is 12.3. The lowest BCUT2D eigenvalue weighted by Crippen LogP contribution is -2.26. The van der Waals surface area contributed by atoms with E-state index in [1.165, 1.54) is 10.6 Å². The Morgan fingerprint density at radius 3 is 1.95 bits per heavy atom. The maximum absolute atomic E-state index is 6.38. The Kier molecular flexibility index (Phi) is 6.50. The summed E-state index contributed by atoms with van der Waals surface area (Å²) in [5.41, 5.74) is 6.38. The summed E-state index contributed by atoms with van der Waals surface area (Å²) in [6.07, 6.45) is 3.10. The summed E-state index contributed by atoms with van der Waals surface area (Å²) in [5.74, 6) is 1.08. The Morgan fingerprint density at radius 2 is 1.52 bits per heavy atom. The van der Waals surface area contributed by atoms with Crippen molar-refractivity contribution in [3.63, 3.8) is 0 Å². The van der Waals surface area contributed by atoms with E-state index in [2.05, 4.69) is 73.5 Å². The highest BCUT2D eigenvalue weighted by atomic mass is 32.2. The molecule has 1 atom stereocenters. The minimum atomic E-state index is -0.597. The zero-order valence-corrected chi connectivity index (χ0v) is 14.1. The van der Waals surface area contributed by atoms with Crippen molar-refractivity contribution in [1.29, 1.82) is 0 Å². The van der Waals surface area contributed by atoms with E-state index in [0.29, 0.717) is 0 Å². The van der Waals surface area contributed by atoms with Crippen LogP contribution in [0, 0.1) is 0 Å². The lowest BCUT2D eigenvalue weighted by Gasteiger charge is -2.25. The Balaban J connectivity index is 2.31. The second-order valence-electron chi connectivity index (χ2n) is 4.89. The molecule has 0 aliphatic carbocycles. The van der Waals surface area contributed by atoms with Crippen LogP contribution in [-0.2, 0) is 0 Å². The van der Waals surface area contributed by atoms with Crippen LogP contribution in [0.5, 0.6) is 0 Å². The van der Waals surface area contributed by atoms with Crippen LogP contribution in [0.2, 0.25) is 0 Å². The lowest BCUT2D eigenvalue weighted by molar-refractivity contribution is 0.781. The van der Waals surface area contributed by atoms with Crippen LogP contribution in [0.25, 0.3) is 0 Å². The average molecular weight is 315 g/mol. The van der Waals surface area contributed by atoms with Gasteiger partial charge in [-0.1, -0.05) is 67.2 Å². The molecule has 110 valence electrons. The molecule has 2 rings (SSSR count). The number of thioether (sulfide) groups is 1. The molecule has 0 aromatic heterocycles. The number of hydrogen-bond acceptors (Lipinski definition) is 2. The predicted octanol–water partition coefficient (Wildman–Crippen LogP) is 3.71. The smallest absolute Gasteiger partial charge is 0.0307 e. The van der Waals surface area contributed by atoms with Crippen LogP contribution in [0.3, 0.4) is 0 Å². The first-order valence-electron chi connectivity index (χ1n) is 7.07. The van der Waals surface area contributed by atoms with Gasteiger partial charge in [-0.2, -0.15) is 11.8 Å². The highest BCUT2D eigenvalue weighted by Gasteiger charge is 2.21. The maximum Gasteiger partial charge on any atom is 0.0307 e. The van der Waals surface area contributed by atoms with E-state index in [0.717, 1.165) is 17.5 Å². The third kappa shape index (κ3) is 4.44. The molecule has 0 aliphatic rings. The van der Waals surface area contributed by atoms with Crippen LogP contribution < -0.4 is 16.3 Å². The average Bonchev–Trinajstić information content (AvgIpc) is 2.54. The Bertz CT molecular complexity index is 516. The minimum absolute atomic E-state index is 0.0592. The van der Waals surface area contributed by atoms with E-state index in [4.69, 9.17) is 5.73 Å². The molecule has 0 unspecified atom stereocenters. The quantitative estimate of drug-likeness (QED) is 0.788. The van der Waals surface area contributed by atoms with Crippen LogP contribution in [-0.4, -0.2) is 18.1 Å². The van der Waals surface area contributed by atoms with Crippen molar-refractivity contribution >= 4 is 30.3 Å². The zero-order chi connectivity index (χ0) is 15.1. The first-order chi connectivity index (χ1) is 10.2. The first-order valence-corrected chi connectivity index (χ1v) is 9.81. The van der Waals surface area contributed by atoms with Crippen molar-refractivity contribution < 1.29 is 0 Å². The molecular weight excluding hydrogens is 293 g/mol. The second-order valence-corrected chi connectivity index (χ2v) is 8.15. The molecule has 0 saturated heterocycles. The van der Waals surface area contributed by atoms with Gasteiger partial charge in [0.2, 0.25) is 0 Å². The van der Waals surface area contributed by atoms with Crippen molar-refractivity contribution in [3.05, 3.63) is 72.6 Å². The van der Waals surface area contributed by atoms with Gasteiger partial charge in [0.1, 0.15) is 0 Å². The first kappa shape index (κ1) is 16.3. The van der Waals surface area contributed by atoms with Gasteiger partial charge >= 0.3 is 0 Å². The lowest BCUT2D eigenvalue weighted by atomic mass is 10.2. The molecule has 0 bridgehead atoms. The number of nitrogens with two attached hydrogens (primary N) is 1. The third-order valence-corrected chi connectivity index (χ3v) is 6.56. The van der Waals surface area contributed by atoms with Gasteiger partial charge in [-0.15, -0.1) is 0 Å².